The van der Waals surface area contributed by atoms with E-state index < -0.39 is 23.8 Å². The largest absolute Gasteiger partial charge is 0.480 e. The van der Waals surface area contributed by atoms with Crippen molar-refractivity contribution >= 4 is 11.8 Å². The SMILES string of the molecule is O=C(O)[C@H]1CN(c2ccc(C(F)(F)F)cn2)CCN1. The summed E-state index contributed by atoms with van der Waals surface area (Å²) in [7, 11) is 0. The Morgan fingerprint density at radius 2 is 2.21 bits per heavy atom. The van der Waals surface area contributed by atoms with Gasteiger partial charge >= 0.3 is 12.1 Å². The topological polar surface area (TPSA) is 65.5 Å². The van der Waals surface area contributed by atoms with Crippen molar-refractivity contribution in [2.75, 3.05) is 24.5 Å². The zero-order valence-corrected chi connectivity index (χ0v) is 9.81. The number of pyridine rings is 1. The highest BCUT2D eigenvalue weighted by Crippen LogP contribution is 2.29. The van der Waals surface area contributed by atoms with Crippen molar-refractivity contribution in [1.82, 2.24) is 10.3 Å². The third kappa shape index (κ3) is 3.14. The van der Waals surface area contributed by atoms with Gasteiger partial charge in [0.05, 0.1) is 5.56 Å². The van der Waals surface area contributed by atoms with Gasteiger partial charge in [0.25, 0.3) is 0 Å². The van der Waals surface area contributed by atoms with Crippen molar-refractivity contribution in [2.45, 2.75) is 12.2 Å². The van der Waals surface area contributed by atoms with E-state index in [2.05, 4.69) is 10.3 Å². The molecule has 0 radical (unpaired) electrons. The second-order valence-corrected chi connectivity index (χ2v) is 4.19. The maximum Gasteiger partial charge on any atom is 0.417 e. The molecular weight excluding hydrogens is 263 g/mol. The van der Waals surface area contributed by atoms with Gasteiger partial charge in [0, 0.05) is 25.8 Å². The molecular formula is C11H12F3N3O2. The molecule has 19 heavy (non-hydrogen) atoms. The van der Waals surface area contributed by atoms with E-state index in [-0.39, 0.29) is 6.54 Å². The number of piperazine rings is 1. The molecule has 0 saturated carbocycles. The van der Waals surface area contributed by atoms with E-state index in [1.165, 1.54) is 6.07 Å². The Morgan fingerprint density at radius 3 is 2.74 bits per heavy atom. The van der Waals surface area contributed by atoms with Crippen LogP contribution in [0.25, 0.3) is 0 Å². The number of aromatic nitrogens is 1. The molecule has 0 aromatic carbocycles. The van der Waals surface area contributed by atoms with Gasteiger partial charge in [0.15, 0.2) is 0 Å². The number of anilines is 1. The average molecular weight is 275 g/mol. The molecule has 8 heteroatoms. The van der Waals surface area contributed by atoms with Crippen molar-refractivity contribution in [3.63, 3.8) is 0 Å². The molecule has 0 bridgehead atoms. The Balaban J connectivity index is 2.12. The minimum absolute atomic E-state index is 0.174. The standard InChI is InChI=1S/C11H12F3N3O2/c12-11(13,14)7-1-2-9(16-5-7)17-4-3-15-8(6-17)10(18)19/h1-2,5,8,15H,3-4,6H2,(H,18,19)/t8-/m1/s1. The zero-order chi connectivity index (χ0) is 14.0. The van der Waals surface area contributed by atoms with Gasteiger partial charge in [-0.25, -0.2) is 4.98 Å². The van der Waals surface area contributed by atoms with Gasteiger partial charge in [-0.2, -0.15) is 13.2 Å². The highest BCUT2D eigenvalue weighted by molar-refractivity contribution is 5.74. The van der Waals surface area contributed by atoms with E-state index in [4.69, 9.17) is 5.11 Å². The van der Waals surface area contributed by atoms with Crippen molar-refractivity contribution in [3.8, 4) is 0 Å². The number of hydrogen-bond acceptors (Lipinski definition) is 4. The summed E-state index contributed by atoms with van der Waals surface area (Å²) >= 11 is 0. The Kier molecular flexibility index (Phi) is 3.61. The number of hydrogen-bond donors (Lipinski definition) is 2. The molecule has 2 N–H and O–H groups in total. The number of carbonyl (C=O) groups is 1. The van der Waals surface area contributed by atoms with E-state index in [1.54, 1.807) is 4.90 Å². The number of alkyl halides is 3. The molecule has 2 heterocycles. The van der Waals surface area contributed by atoms with Gasteiger partial charge in [-0.3, -0.25) is 4.79 Å². The van der Waals surface area contributed by atoms with E-state index >= 15 is 0 Å². The van der Waals surface area contributed by atoms with Crippen LogP contribution in [0.4, 0.5) is 19.0 Å². The summed E-state index contributed by atoms with van der Waals surface area (Å²) in [4.78, 5) is 16.3. The molecule has 1 fully saturated rings. The molecule has 0 spiro atoms. The number of carboxylic acids is 1. The molecule has 5 nitrogen and oxygen atoms in total. The van der Waals surface area contributed by atoms with Crippen LogP contribution in [0.5, 0.6) is 0 Å². The van der Waals surface area contributed by atoms with Crippen LogP contribution in [0.3, 0.4) is 0 Å². The van der Waals surface area contributed by atoms with Gasteiger partial charge in [0.2, 0.25) is 0 Å². The fourth-order valence-corrected chi connectivity index (χ4v) is 1.86. The second kappa shape index (κ2) is 5.04. The number of nitrogens with zero attached hydrogens (tertiary/aromatic N) is 2. The summed E-state index contributed by atoms with van der Waals surface area (Å²) in [6, 6.07) is 1.46. The van der Waals surface area contributed by atoms with Gasteiger partial charge in [-0.05, 0) is 12.1 Å². The predicted molar refractivity (Wildman–Crippen MR) is 60.9 cm³/mol. The molecule has 0 amide bonds. The maximum atomic E-state index is 12.4. The van der Waals surface area contributed by atoms with Gasteiger partial charge < -0.3 is 15.3 Å². The summed E-state index contributed by atoms with van der Waals surface area (Å²) in [5, 5.41) is 11.7. The first kappa shape index (κ1) is 13.6. The van der Waals surface area contributed by atoms with Crippen LogP contribution in [-0.4, -0.2) is 41.7 Å². The molecule has 1 aliphatic rings. The second-order valence-electron chi connectivity index (χ2n) is 4.19. The van der Waals surface area contributed by atoms with Crippen molar-refractivity contribution in [3.05, 3.63) is 23.9 Å². The summed E-state index contributed by atoms with van der Waals surface area (Å²) in [5.74, 6) is -0.641. The maximum absolute atomic E-state index is 12.4. The summed E-state index contributed by atoms with van der Waals surface area (Å²) in [6.45, 7) is 1.12. The van der Waals surface area contributed by atoms with Gasteiger partial charge in [0.1, 0.15) is 11.9 Å². The lowest BCUT2D eigenvalue weighted by Crippen LogP contribution is -2.54. The monoisotopic (exact) mass is 275 g/mol. The van der Waals surface area contributed by atoms with E-state index in [0.717, 1.165) is 12.3 Å². The quantitative estimate of drug-likeness (QED) is 0.841. The van der Waals surface area contributed by atoms with Crippen LogP contribution in [-0.2, 0) is 11.0 Å². The first-order chi connectivity index (χ1) is 8.88. The normalized spacial score (nSPS) is 20.4. The Morgan fingerprint density at radius 1 is 1.47 bits per heavy atom. The van der Waals surface area contributed by atoms with E-state index in [9.17, 15) is 18.0 Å². The molecule has 1 aromatic rings. The minimum atomic E-state index is -4.42. The summed E-state index contributed by atoms with van der Waals surface area (Å²) in [5.41, 5.74) is -0.818. The third-order valence-corrected chi connectivity index (χ3v) is 2.87. The molecule has 1 atom stereocenters. The Hall–Kier alpha value is -1.83. The van der Waals surface area contributed by atoms with Crippen LogP contribution < -0.4 is 10.2 Å². The lowest BCUT2D eigenvalue weighted by Gasteiger charge is -2.32. The number of aliphatic carboxylic acids is 1. The lowest BCUT2D eigenvalue weighted by molar-refractivity contribution is -0.139. The molecule has 1 aliphatic heterocycles. The van der Waals surface area contributed by atoms with Crippen molar-refractivity contribution < 1.29 is 23.1 Å². The number of carboxylic acid groups (broad SMARTS) is 1. The van der Waals surface area contributed by atoms with E-state index in [1.807, 2.05) is 0 Å². The average Bonchev–Trinajstić information content (AvgIpc) is 2.38. The van der Waals surface area contributed by atoms with Crippen LogP contribution in [0.15, 0.2) is 18.3 Å². The third-order valence-electron chi connectivity index (χ3n) is 2.87. The summed E-state index contributed by atoms with van der Waals surface area (Å²) < 4.78 is 37.2. The Labute approximate surface area is 107 Å². The number of rotatable bonds is 2. The van der Waals surface area contributed by atoms with E-state index in [0.29, 0.717) is 18.9 Å². The van der Waals surface area contributed by atoms with Gasteiger partial charge in [-0.1, -0.05) is 0 Å². The summed E-state index contributed by atoms with van der Waals surface area (Å²) in [6.07, 6.45) is -3.66. The minimum Gasteiger partial charge on any atom is -0.480 e. The molecule has 0 unspecified atom stereocenters. The van der Waals surface area contributed by atoms with Gasteiger partial charge in [-0.15, -0.1) is 0 Å². The fraction of sp³-hybridized carbons (Fsp3) is 0.455. The smallest absolute Gasteiger partial charge is 0.417 e. The molecule has 0 aliphatic carbocycles. The zero-order valence-electron chi connectivity index (χ0n) is 9.81. The fourth-order valence-electron chi connectivity index (χ4n) is 1.86. The van der Waals surface area contributed by atoms with Crippen molar-refractivity contribution in [1.29, 1.82) is 0 Å². The Bertz CT molecular complexity index is 461. The predicted octanol–water partition coefficient (Wildman–Crippen LogP) is 0.963. The lowest BCUT2D eigenvalue weighted by atomic mass is 10.2. The first-order valence-corrected chi connectivity index (χ1v) is 5.62. The molecule has 1 aromatic heterocycles. The van der Waals surface area contributed by atoms with Crippen LogP contribution in [0, 0.1) is 0 Å². The number of halogens is 3. The molecule has 2 rings (SSSR count). The molecule has 1 saturated heterocycles. The highest BCUT2D eigenvalue weighted by atomic mass is 19.4. The highest BCUT2D eigenvalue weighted by Gasteiger charge is 2.31. The van der Waals surface area contributed by atoms with Crippen molar-refractivity contribution in [2.24, 2.45) is 0 Å². The van der Waals surface area contributed by atoms with Crippen LogP contribution >= 0.6 is 0 Å². The first-order valence-electron chi connectivity index (χ1n) is 5.62. The van der Waals surface area contributed by atoms with Crippen LogP contribution in [0.1, 0.15) is 5.56 Å². The number of nitrogens with one attached hydrogen (secondary N) is 1. The molecule has 104 valence electrons. The van der Waals surface area contributed by atoms with Crippen LogP contribution in [0.2, 0.25) is 0 Å².